The maximum absolute atomic E-state index is 4.36. The first kappa shape index (κ1) is 16.1. The topological polar surface area (TPSA) is 29.3 Å². The highest BCUT2D eigenvalue weighted by atomic mass is 15.3. The first-order valence-electron chi connectivity index (χ1n) is 8.31. The SMILES string of the molecule is CCc1ccc(-n2c(C)cc(/C=N\Nc3ccccc3)c2C)cc1. The number of aryl methyl sites for hydroxylation is 2. The van der Waals surface area contributed by atoms with E-state index in [-0.39, 0.29) is 0 Å². The fourth-order valence-corrected chi connectivity index (χ4v) is 2.89. The molecule has 3 heteroatoms. The van der Waals surface area contributed by atoms with Crippen molar-refractivity contribution in [3.63, 3.8) is 0 Å². The van der Waals surface area contributed by atoms with Gasteiger partial charge in [-0.2, -0.15) is 5.10 Å². The fourth-order valence-electron chi connectivity index (χ4n) is 2.89. The van der Waals surface area contributed by atoms with Crippen molar-refractivity contribution in [1.29, 1.82) is 0 Å². The number of benzene rings is 2. The summed E-state index contributed by atoms with van der Waals surface area (Å²) in [6, 6.07) is 20.9. The zero-order valence-corrected chi connectivity index (χ0v) is 14.5. The van der Waals surface area contributed by atoms with Gasteiger partial charge in [0.25, 0.3) is 0 Å². The third-order valence-corrected chi connectivity index (χ3v) is 4.24. The van der Waals surface area contributed by atoms with Crippen molar-refractivity contribution in [3.8, 4) is 5.69 Å². The zero-order chi connectivity index (χ0) is 16.9. The fraction of sp³-hybridized carbons (Fsp3) is 0.190. The number of anilines is 1. The van der Waals surface area contributed by atoms with Gasteiger partial charge < -0.3 is 4.57 Å². The maximum Gasteiger partial charge on any atom is 0.0562 e. The molecule has 3 rings (SSSR count). The molecule has 0 radical (unpaired) electrons. The van der Waals surface area contributed by atoms with E-state index in [4.69, 9.17) is 0 Å². The normalized spacial score (nSPS) is 11.1. The monoisotopic (exact) mass is 317 g/mol. The van der Waals surface area contributed by atoms with Crippen LogP contribution in [0.3, 0.4) is 0 Å². The molecular weight excluding hydrogens is 294 g/mol. The highest BCUT2D eigenvalue weighted by molar-refractivity contribution is 5.82. The van der Waals surface area contributed by atoms with Gasteiger partial charge in [-0.25, -0.2) is 0 Å². The Labute approximate surface area is 143 Å². The number of nitrogens with one attached hydrogen (secondary N) is 1. The van der Waals surface area contributed by atoms with Crippen molar-refractivity contribution in [3.05, 3.63) is 83.2 Å². The molecule has 1 heterocycles. The Morgan fingerprint density at radius 2 is 1.71 bits per heavy atom. The summed E-state index contributed by atoms with van der Waals surface area (Å²) >= 11 is 0. The largest absolute Gasteiger partial charge is 0.318 e. The van der Waals surface area contributed by atoms with Crippen molar-refractivity contribution in [2.45, 2.75) is 27.2 Å². The molecule has 0 atom stereocenters. The van der Waals surface area contributed by atoms with Crippen LogP contribution >= 0.6 is 0 Å². The molecule has 122 valence electrons. The number of aromatic nitrogens is 1. The van der Waals surface area contributed by atoms with E-state index in [0.717, 1.165) is 17.7 Å². The second kappa shape index (κ2) is 7.18. The van der Waals surface area contributed by atoms with Gasteiger partial charge >= 0.3 is 0 Å². The minimum absolute atomic E-state index is 0.984. The lowest BCUT2D eigenvalue weighted by molar-refractivity contribution is 0.962. The van der Waals surface area contributed by atoms with Gasteiger partial charge in [0.2, 0.25) is 0 Å². The van der Waals surface area contributed by atoms with Crippen LogP contribution in [-0.4, -0.2) is 10.8 Å². The summed E-state index contributed by atoms with van der Waals surface area (Å²) in [5.41, 5.74) is 10.1. The Morgan fingerprint density at radius 1 is 1.00 bits per heavy atom. The molecule has 0 unspecified atom stereocenters. The summed E-state index contributed by atoms with van der Waals surface area (Å²) in [7, 11) is 0. The molecule has 0 aliphatic carbocycles. The molecule has 0 aliphatic rings. The lowest BCUT2D eigenvalue weighted by Crippen LogP contribution is -2.00. The van der Waals surface area contributed by atoms with Crippen LogP contribution in [0.5, 0.6) is 0 Å². The minimum atomic E-state index is 0.984. The Bertz CT molecular complexity index is 828. The molecule has 0 fully saturated rings. The van der Waals surface area contributed by atoms with Crippen molar-refractivity contribution in [1.82, 2.24) is 4.57 Å². The van der Waals surface area contributed by atoms with E-state index in [0.29, 0.717) is 0 Å². The second-order valence-corrected chi connectivity index (χ2v) is 5.92. The molecule has 0 saturated carbocycles. The molecule has 1 N–H and O–H groups in total. The first-order valence-corrected chi connectivity index (χ1v) is 8.31. The molecule has 0 spiro atoms. The van der Waals surface area contributed by atoms with E-state index in [2.05, 4.69) is 66.2 Å². The van der Waals surface area contributed by atoms with Gasteiger partial charge in [-0.1, -0.05) is 37.3 Å². The van der Waals surface area contributed by atoms with Gasteiger partial charge in [-0.3, -0.25) is 5.43 Å². The van der Waals surface area contributed by atoms with Crippen LogP contribution < -0.4 is 5.43 Å². The van der Waals surface area contributed by atoms with Crippen molar-refractivity contribution in [2.75, 3.05) is 5.43 Å². The molecule has 0 bridgehead atoms. The van der Waals surface area contributed by atoms with Gasteiger partial charge in [0, 0.05) is 22.6 Å². The quantitative estimate of drug-likeness (QED) is 0.514. The van der Waals surface area contributed by atoms with Crippen LogP contribution in [0.1, 0.15) is 29.4 Å². The van der Waals surface area contributed by atoms with Gasteiger partial charge in [-0.15, -0.1) is 0 Å². The van der Waals surface area contributed by atoms with E-state index >= 15 is 0 Å². The summed E-state index contributed by atoms with van der Waals surface area (Å²) in [5.74, 6) is 0. The summed E-state index contributed by atoms with van der Waals surface area (Å²) in [6.07, 6.45) is 2.94. The number of hydrogen-bond acceptors (Lipinski definition) is 2. The summed E-state index contributed by atoms with van der Waals surface area (Å²) in [5, 5.41) is 4.36. The Kier molecular flexibility index (Phi) is 4.80. The van der Waals surface area contributed by atoms with E-state index < -0.39 is 0 Å². The second-order valence-electron chi connectivity index (χ2n) is 5.92. The molecular formula is C21H23N3. The van der Waals surface area contributed by atoms with Crippen molar-refractivity contribution >= 4 is 11.9 Å². The average Bonchev–Trinajstić information content (AvgIpc) is 2.90. The standard InChI is InChI=1S/C21H23N3/c1-4-18-10-12-21(13-11-18)24-16(2)14-19(17(24)3)15-22-23-20-8-6-5-7-9-20/h5-15,23H,4H2,1-3H3/b22-15-. The van der Waals surface area contributed by atoms with Crippen LogP contribution in [0.4, 0.5) is 5.69 Å². The lowest BCUT2D eigenvalue weighted by Gasteiger charge is -2.10. The highest BCUT2D eigenvalue weighted by Gasteiger charge is 2.09. The van der Waals surface area contributed by atoms with Crippen LogP contribution in [-0.2, 0) is 6.42 Å². The summed E-state index contributed by atoms with van der Waals surface area (Å²) in [6.45, 7) is 6.43. The van der Waals surface area contributed by atoms with E-state index in [9.17, 15) is 0 Å². The Hall–Kier alpha value is -2.81. The number of nitrogens with zero attached hydrogens (tertiary/aromatic N) is 2. The molecule has 3 nitrogen and oxygen atoms in total. The predicted octanol–water partition coefficient (Wildman–Crippen LogP) is 5.10. The molecule has 2 aromatic carbocycles. The molecule has 1 aromatic heterocycles. The van der Waals surface area contributed by atoms with Crippen LogP contribution in [0.2, 0.25) is 0 Å². The van der Waals surface area contributed by atoms with Crippen molar-refractivity contribution in [2.24, 2.45) is 5.10 Å². The molecule has 0 amide bonds. The van der Waals surface area contributed by atoms with Crippen LogP contribution in [0.25, 0.3) is 5.69 Å². The van der Waals surface area contributed by atoms with E-state index in [1.165, 1.54) is 22.6 Å². The third-order valence-electron chi connectivity index (χ3n) is 4.24. The average molecular weight is 317 g/mol. The van der Waals surface area contributed by atoms with E-state index in [1.807, 2.05) is 36.5 Å². The van der Waals surface area contributed by atoms with E-state index in [1.54, 1.807) is 0 Å². The lowest BCUT2D eigenvalue weighted by atomic mass is 10.1. The maximum atomic E-state index is 4.36. The van der Waals surface area contributed by atoms with Gasteiger partial charge in [0.15, 0.2) is 0 Å². The van der Waals surface area contributed by atoms with Crippen molar-refractivity contribution < 1.29 is 0 Å². The summed E-state index contributed by atoms with van der Waals surface area (Å²) in [4.78, 5) is 0. The minimum Gasteiger partial charge on any atom is -0.318 e. The van der Waals surface area contributed by atoms with Gasteiger partial charge in [0.1, 0.15) is 0 Å². The smallest absolute Gasteiger partial charge is 0.0562 e. The summed E-state index contributed by atoms with van der Waals surface area (Å²) < 4.78 is 2.27. The third kappa shape index (κ3) is 3.40. The molecule has 24 heavy (non-hydrogen) atoms. The molecule has 3 aromatic rings. The number of para-hydroxylation sites is 1. The zero-order valence-electron chi connectivity index (χ0n) is 14.5. The number of rotatable bonds is 5. The Balaban J connectivity index is 1.83. The molecule has 0 aliphatic heterocycles. The van der Waals surface area contributed by atoms with Crippen LogP contribution in [0, 0.1) is 13.8 Å². The van der Waals surface area contributed by atoms with Gasteiger partial charge in [-0.05, 0) is 56.2 Å². The molecule has 0 saturated heterocycles. The number of hydrazone groups is 1. The predicted molar refractivity (Wildman–Crippen MR) is 102 cm³/mol. The van der Waals surface area contributed by atoms with Crippen LogP contribution in [0.15, 0.2) is 65.8 Å². The van der Waals surface area contributed by atoms with Gasteiger partial charge in [0.05, 0.1) is 11.9 Å². The number of hydrogen-bond donors (Lipinski definition) is 1. The highest BCUT2D eigenvalue weighted by Crippen LogP contribution is 2.20. The first-order chi connectivity index (χ1) is 11.7. The Morgan fingerprint density at radius 3 is 2.38 bits per heavy atom.